The van der Waals surface area contributed by atoms with Crippen LogP contribution in [0.1, 0.15) is 11.1 Å². The Bertz CT molecular complexity index is 709. The molecule has 138 valence electrons. The summed E-state index contributed by atoms with van der Waals surface area (Å²) in [7, 11) is 3.58. The first-order chi connectivity index (χ1) is 11.5. The maximum Gasteiger partial charge on any atom is 0.387 e. The van der Waals surface area contributed by atoms with Crippen LogP contribution in [0.5, 0.6) is 5.75 Å². The summed E-state index contributed by atoms with van der Waals surface area (Å²) in [4.78, 5) is 4.10. The highest BCUT2D eigenvalue weighted by Crippen LogP contribution is 2.24. The molecule has 25 heavy (non-hydrogen) atoms. The molecule has 2 N–H and O–H groups in total. The van der Waals surface area contributed by atoms with E-state index in [9.17, 15) is 8.78 Å². The van der Waals surface area contributed by atoms with Crippen molar-refractivity contribution in [2.24, 2.45) is 12.0 Å². The van der Waals surface area contributed by atoms with Gasteiger partial charge in [0, 0.05) is 50.2 Å². The molecule has 0 amide bonds. The number of nitrogens with zero attached hydrogens (tertiary/aromatic N) is 2. The maximum atomic E-state index is 12.5. The van der Waals surface area contributed by atoms with Crippen LogP contribution >= 0.6 is 35.6 Å². The Morgan fingerprint density at radius 2 is 2.00 bits per heavy atom. The van der Waals surface area contributed by atoms with Crippen molar-refractivity contribution in [3.63, 3.8) is 0 Å². The second kappa shape index (κ2) is 10.4. The van der Waals surface area contributed by atoms with Crippen molar-refractivity contribution >= 4 is 41.5 Å². The number of benzene rings is 1. The number of rotatable bonds is 6. The van der Waals surface area contributed by atoms with Crippen LogP contribution in [0.4, 0.5) is 8.78 Å². The predicted octanol–water partition coefficient (Wildman–Crippen LogP) is 3.76. The molecule has 2 aromatic rings. The Morgan fingerprint density at radius 3 is 2.60 bits per heavy atom. The SMILES string of the molecule is CN=C(NCc1ccn(C)c1)NCc1cc(Cl)ccc1OC(F)F.I. The van der Waals surface area contributed by atoms with Crippen molar-refractivity contribution in [2.75, 3.05) is 7.05 Å². The van der Waals surface area contributed by atoms with E-state index >= 15 is 0 Å². The van der Waals surface area contributed by atoms with E-state index in [0.29, 0.717) is 23.1 Å². The number of guanidine groups is 1. The number of nitrogens with one attached hydrogen (secondary N) is 2. The molecule has 0 aliphatic heterocycles. The molecule has 0 saturated heterocycles. The fraction of sp³-hybridized carbons (Fsp3) is 0.312. The molecule has 0 fully saturated rings. The van der Waals surface area contributed by atoms with Crippen molar-refractivity contribution in [3.8, 4) is 5.75 Å². The van der Waals surface area contributed by atoms with E-state index in [-0.39, 0.29) is 36.3 Å². The largest absolute Gasteiger partial charge is 0.434 e. The van der Waals surface area contributed by atoms with E-state index in [0.717, 1.165) is 5.56 Å². The molecule has 1 aromatic heterocycles. The first-order valence-electron chi connectivity index (χ1n) is 7.26. The fourth-order valence-electron chi connectivity index (χ4n) is 2.15. The van der Waals surface area contributed by atoms with Gasteiger partial charge in [0.15, 0.2) is 5.96 Å². The minimum atomic E-state index is -2.89. The van der Waals surface area contributed by atoms with Gasteiger partial charge >= 0.3 is 6.61 Å². The zero-order valence-corrected chi connectivity index (χ0v) is 16.9. The quantitative estimate of drug-likeness (QED) is 0.373. The first kappa shape index (κ1) is 21.5. The second-order valence-electron chi connectivity index (χ2n) is 5.10. The van der Waals surface area contributed by atoms with Crippen LogP contribution < -0.4 is 15.4 Å². The van der Waals surface area contributed by atoms with E-state index in [4.69, 9.17) is 11.6 Å². The second-order valence-corrected chi connectivity index (χ2v) is 5.53. The molecule has 1 heterocycles. The van der Waals surface area contributed by atoms with Gasteiger partial charge in [0.2, 0.25) is 0 Å². The van der Waals surface area contributed by atoms with Crippen LogP contribution in [-0.2, 0) is 20.1 Å². The van der Waals surface area contributed by atoms with Gasteiger partial charge in [-0.05, 0) is 29.8 Å². The van der Waals surface area contributed by atoms with E-state index in [1.54, 1.807) is 13.1 Å². The van der Waals surface area contributed by atoms with Gasteiger partial charge in [-0.25, -0.2) is 0 Å². The van der Waals surface area contributed by atoms with Crippen LogP contribution in [0.3, 0.4) is 0 Å². The zero-order valence-electron chi connectivity index (χ0n) is 13.8. The van der Waals surface area contributed by atoms with Crippen molar-refractivity contribution in [1.29, 1.82) is 0 Å². The van der Waals surface area contributed by atoms with E-state index < -0.39 is 6.61 Å². The van der Waals surface area contributed by atoms with Gasteiger partial charge in [0.05, 0.1) is 0 Å². The Morgan fingerprint density at radius 1 is 1.28 bits per heavy atom. The summed E-state index contributed by atoms with van der Waals surface area (Å²) in [6.45, 7) is -2.05. The van der Waals surface area contributed by atoms with Crippen LogP contribution in [0.2, 0.25) is 5.02 Å². The lowest BCUT2D eigenvalue weighted by Crippen LogP contribution is -2.36. The summed E-state index contributed by atoms with van der Waals surface area (Å²) >= 11 is 5.93. The van der Waals surface area contributed by atoms with E-state index in [1.807, 2.05) is 30.1 Å². The van der Waals surface area contributed by atoms with Gasteiger partial charge in [-0.3, -0.25) is 4.99 Å². The molecular weight excluding hydrogens is 465 g/mol. The van der Waals surface area contributed by atoms with Crippen molar-refractivity contribution in [1.82, 2.24) is 15.2 Å². The predicted molar refractivity (Wildman–Crippen MR) is 106 cm³/mol. The molecule has 1 aromatic carbocycles. The molecule has 0 spiro atoms. The van der Waals surface area contributed by atoms with Gasteiger partial charge in [-0.2, -0.15) is 8.78 Å². The van der Waals surface area contributed by atoms with Gasteiger partial charge in [0.25, 0.3) is 0 Å². The maximum absolute atomic E-state index is 12.5. The number of halogens is 4. The number of aryl methyl sites for hydroxylation is 1. The lowest BCUT2D eigenvalue weighted by Gasteiger charge is -2.14. The topological polar surface area (TPSA) is 50.6 Å². The third-order valence-electron chi connectivity index (χ3n) is 3.26. The molecule has 5 nitrogen and oxygen atoms in total. The normalized spacial score (nSPS) is 11.2. The number of aromatic nitrogens is 1. The third kappa shape index (κ3) is 7.07. The molecule has 0 radical (unpaired) electrons. The molecule has 2 rings (SSSR count). The molecule has 0 bridgehead atoms. The van der Waals surface area contributed by atoms with E-state index in [2.05, 4.69) is 20.4 Å². The van der Waals surface area contributed by atoms with Gasteiger partial charge < -0.3 is 19.9 Å². The fourth-order valence-corrected chi connectivity index (χ4v) is 2.34. The third-order valence-corrected chi connectivity index (χ3v) is 3.50. The lowest BCUT2D eigenvalue weighted by molar-refractivity contribution is -0.0504. The van der Waals surface area contributed by atoms with Crippen molar-refractivity contribution in [2.45, 2.75) is 19.7 Å². The highest BCUT2D eigenvalue weighted by molar-refractivity contribution is 14.0. The van der Waals surface area contributed by atoms with Gasteiger partial charge in [-0.1, -0.05) is 11.6 Å². The van der Waals surface area contributed by atoms with Crippen molar-refractivity contribution in [3.05, 3.63) is 52.8 Å². The Balaban J connectivity index is 0.00000312. The summed E-state index contributed by atoms with van der Waals surface area (Å²) in [6.07, 6.45) is 3.94. The Labute approximate surface area is 167 Å². The molecule has 0 aliphatic carbocycles. The summed E-state index contributed by atoms with van der Waals surface area (Å²) in [6, 6.07) is 6.50. The number of hydrogen-bond acceptors (Lipinski definition) is 2. The standard InChI is InChI=1S/C16H19ClF2N4O.HI/c1-20-16(21-8-11-5-6-23(2)10-11)22-9-12-7-13(17)3-4-14(12)24-15(18)19;/h3-7,10,15H,8-9H2,1-2H3,(H2,20,21,22);1H. The molecule has 0 saturated carbocycles. The number of aliphatic imine (C=N–C) groups is 1. The average molecular weight is 485 g/mol. The van der Waals surface area contributed by atoms with Gasteiger partial charge in [-0.15, -0.1) is 24.0 Å². The summed E-state index contributed by atoms with van der Waals surface area (Å²) in [5.41, 5.74) is 1.62. The highest BCUT2D eigenvalue weighted by atomic mass is 127. The van der Waals surface area contributed by atoms with Crippen LogP contribution in [0, 0.1) is 0 Å². The number of ether oxygens (including phenoxy) is 1. The molecule has 0 aliphatic rings. The monoisotopic (exact) mass is 484 g/mol. The summed E-state index contributed by atoms with van der Waals surface area (Å²) in [5, 5.41) is 6.64. The molecule has 0 unspecified atom stereocenters. The summed E-state index contributed by atoms with van der Waals surface area (Å²) < 4.78 is 31.4. The minimum absolute atomic E-state index is 0. The smallest absolute Gasteiger partial charge is 0.387 e. The number of hydrogen-bond donors (Lipinski definition) is 2. The summed E-state index contributed by atoms with van der Waals surface area (Å²) in [5.74, 6) is 0.627. The van der Waals surface area contributed by atoms with Crippen LogP contribution in [0.25, 0.3) is 0 Å². The first-order valence-corrected chi connectivity index (χ1v) is 7.64. The number of alkyl halides is 2. The Kier molecular flexibility index (Phi) is 8.98. The molecule has 0 atom stereocenters. The lowest BCUT2D eigenvalue weighted by atomic mass is 10.2. The van der Waals surface area contributed by atoms with Crippen LogP contribution in [-0.4, -0.2) is 24.2 Å². The van der Waals surface area contributed by atoms with Crippen molar-refractivity contribution < 1.29 is 13.5 Å². The van der Waals surface area contributed by atoms with Crippen LogP contribution in [0.15, 0.2) is 41.7 Å². The Hall–Kier alpha value is -1.55. The molecular formula is C16H20ClF2IN4O. The highest BCUT2D eigenvalue weighted by Gasteiger charge is 2.11. The zero-order chi connectivity index (χ0) is 17.5. The molecule has 9 heteroatoms. The van der Waals surface area contributed by atoms with E-state index in [1.165, 1.54) is 12.1 Å². The van der Waals surface area contributed by atoms with Gasteiger partial charge in [0.1, 0.15) is 5.75 Å². The average Bonchev–Trinajstić information content (AvgIpc) is 2.95. The minimum Gasteiger partial charge on any atom is -0.434 e.